The van der Waals surface area contributed by atoms with Gasteiger partial charge in [-0.1, -0.05) is 12.1 Å². The van der Waals surface area contributed by atoms with Crippen LogP contribution in [0.1, 0.15) is 44.0 Å². The molecular formula is C24H23N3O4S. The summed E-state index contributed by atoms with van der Waals surface area (Å²) in [4.78, 5) is 31.1. The number of nitrogens with one attached hydrogen (secondary N) is 2. The lowest BCUT2D eigenvalue weighted by atomic mass is 9.95. The van der Waals surface area contributed by atoms with Crippen molar-refractivity contribution in [3.05, 3.63) is 70.4 Å². The number of hydrogen-bond acceptors (Lipinski definition) is 6. The molecule has 2 aromatic heterocycles. The van der Waals surface area contributed by atoms with Gasteiger partial charge in [-0.15, -0.1) is 11.3 Å². The molecule has 164 valence electrons. The van der Waals surface area contributed by atoms with Gasteiger partial charge in [0.1, 0.15) is 17.7 Å². The van der Waals surface area contributed by atoms with Gasteiger partial charge in [0.05, 0.1) is 17.7 Å². The number of benzene rings is 1. The van der Waals surface area contributed by atoms with Crippen LogP contribution in [0.15, 0.2) is 48.8 Å². The van der Waals surface area contributed by atoms with Crippen LogP contribution in [0, 0.1) is 0 Å². The molecule has 2 amide bonds. The molecule has 3 heterocycles. The van der Waals surface area contributed by atoms with Crippen LogP contribution in [-0.4, -0.2) is 36.1 Å². The number of carbonyl (C=O) groups excluding carboxylic acids is 2. The summed E-state index contributed by atoms with van der Waals surface area (Å²) >= 11 is 1.50. The van der Waals surface area contributed by atoms with E-state index in [1.807, 2.05) is 24.3 Å². The summed E-state index contributed by atoms with van der Waals surface area (Å²) in [6.07, 6.45) is 6.76. The first-order chi connectivity index (χ1) is 15.7. The van der Waals surface area contributed by atoms with E-state index in [9.17, 15) is 9.59 Å². The molecule has 0 saturated heterocycles. The summed E-state index contributed by atoms with van der Waals surface area (Å²) < 4.78 is 11.7. The lowest BCUT2D eigenvalue weighted by Gasteiger charge is -2.26. The summed E-state index contributed by atoms with van der Waals surface area (Å²) in [5.41, 5.74) is 2.07. The number of aryl methyl sites for hydroxylation is 1. The summed E-state index contributed by atoms with van der Waals surface area (Å²) in [6, 6.07) is 10.9. The van der Waals surface area contributed by atoms with Crippen molar-refractivity contribution < 1.29 is 19.1 Å². The van der Waals surface area contributed by atoms with Crippen LogP contribution < -0.4 is 20.1 Å². The molecule has 8 heteroatoms. The lowest BCUT2D eigenvalue weighted by Crippen LogP contribution is -2.41. The largest absolute Gasteiger partial charge is 0.486 e. The van der Waals surface area contributed by atoms with Gasteiger partial charge in [-0.25, -0.2) is 0 Å². The molecule has 1 aliphatic carbocycles. The Balaban J connectivity index is 1.32. The van der Waals surface area contributed by atoms with Crippen LogP contribution in [0.25, 0.3) is 0 Å². The van der Waals surface area contributed by atoms with Gasteiger partial charge < -0.3 is 20.1 Å². The maximum Gasteiger partial charge on any atom is 0.257 e. The number of hydrogen-bond donors (Lipinski definition) is 2. The van der Waals surface area contributed by atoms with Crippen molar-refractivity contribution in [1.29, 1.82) is 0 Å². The van der Waals surface area contributed by atoms with E-state index < -0.39 is 0 Å². The van der Waals surface area contributed by atoms with E-state index in [0.29, 0.717) is 40.8 Å². The fourth-order valence-corrected chi connectivity index (χ4v) is 5.31. The average molecular weight is 450 g/mol. The van der Waals surface area contributed by atoms with E-state index in [1.165, 1.54) is 22.4 Å². The molecule has 0 radical (unpaired) electrons. The van der Waals surface area contributed by atoms with Gasteiger partial charge in [-0.3, -0.25) is 14.6 Å². The number of fused-ring (bicyclic) bond motifs is 2. The highest BCUT2D eigenvalue weighted by Gasteiger charge is 2.28. The van der Waals surface area contributed by atoms with Crippen LogP contribution in [0.2, 0.25) is 0 Å². The van der Waals surface area contributed by atoms with Gasteiger partial charge in [-0.05, 0) is 55.5 Å². The maximum absolute atomic E-state index is 13.2. The van der Waals surface area contributed by atoms with E-state index in [2.05, 4.69) is 15.6 Å². The molecule has 1 aliphatic heterocycles. The fourth-order valence-electron chi connectivity index (χ4n) is 4.03. The highest BCUT2D eigenvalue weighted by molar-refractivity contribution is 7.17. The normalized spacial score (nSPS) is 16.7. The Morgan fingerprint density at radius 2 is 1.91 bits per heavy atom. The first-order valence-corrected chi connectivity index (χ1v) is 11.5. The number of para-hydroxylation sites is 2. The van der Waals surface area contributed by atoms with Crippen LogP contribution >= 0.6 is 11.3 Å². The third-order valence-electron chi connectivity index (χ3n) is 5.61. The summed E-state index contributed by atoms with van der Waals surface area (Å²) in [7, 11) is 0. The Bertz CT molecular complexity index is 1150. The molecule has 1 aromatic carbocycles. The minimum absolute atomic E-state index is 0.201. The average Bonchev–Trinajstić information content (AvgIpc) is 3.20. The molecule has 1 atom stereocenters. The lowest BCUT2D eigenvalue weighted by molar-refractivity contribution is 0.0789. The van der Waals surface area contributed by atoms with Gasteiger partial charge in [-0.2, -0.15) is 0 Å². The van der Waals surface area contributed by atoms with E-state index in [1.54, 1.807) is 18.3 Å². The van der Waals surface area contributed by atoms with E-state index in [-0.39, 0.29) is 17.9 Å². The number of aromatic nitrogens is 1. The van der Waals surface area contributed by atoms with Gasteiger partial charge in [0.2, 0.25) is 0 Å². The Kier molecular flexibility index (Phi) is 5.77. The minimum atomic E-state index is -0.281. The van der Waals surface area contributed by atoms with Crippen molar-refractivity contribution in [1.82, 2.24) is 10.3 Å². The molecule has 0 bridgehead atoms. The molecule has 7 nitrogen and oxygen atoms in total. The van der Waals surface area contributed by atoms with Crippen molar-refractivity contribution in [3.8, 4) is 11.5 Å². The second-order valence-corrected chi connectivity index (χ2v) is 8.92. The molecule has 5 rings (SSSR count). The van der Waals surface area contributed by atoms with Crippen LogP contribution in [0.3, 0.4) is 0 Å². The molecule has 2 N–H and O–H groups in total. The number of carbonyl (C=O) groups is 2. The Morgan fingerprint density at radius 1 is 1.06 bits per heavy atom. The number of rotatable bonds is 5. The first kappa shape index (κ1) is 20.5. The number of pyridine rings is 1. The molecule has 32 heavy (non-hydrogen) atoms. The van der Waals surface area contributed by atoms with E-state index >= 15 is 0 Å². The first-order valence-electron chi connectivity index (χ1n) is 10.7. The van der Waals surface area contributed by atoms with Crippen LogP contribution in [0.5, 0.6) is 11.5 Å². The van der Waals surface area contributed by atoms with Crippen molar-refractivity contribution in [2.75, 3.05) is 18.5 Å². The molecule has 0 saturated carbocycles. The number of ether oxygens (including phenoxy) is 2. The Labute approximate surface area is 189 Å². The highest BCUT2D eigenvalue weighted by atomic mass is 32.1. The number of thiophene rings is 1. The van der Waals surface area contributed by atoms with Crippen molar-refractivity contribution >= 4 is 28.2 Å². The van der Waals surface area contributed by atoms with Crippen molar-refractivity contribution in [2.45, 2.75) is 31.8 Å². The summed E-state index contributed by atoms with van der Waals surface area (Å²) in [6.45, 7) is 0.678. The maximum atomic E-state index is 13.2. The van der Waals surface area contributed by atoms with Gasteiger partial charge in [0, 0.05) is 17.3 Å². The summed E-state index contributed by atoms with van der Waals surface area (Å²) in [5.74, 6) is 0.914. The van der Waals surface area contributed by atoms with Crippen molar-refractivity contribution in [2.24, 2.45) is 0 Å². The SMILES string of the molecule is O=C(Nc1sc2c(c1C(=O)NCC1COc3ccccc3O1)CCCC2)c1cccnc1. The predicted molar refractivity (Wildman–Crippen MR) is 122 cm³/mol. The third kappa shape index (κ3) is 4.18. The molecule has 2 aliphatic rings. The summed E-state index contributed by atoms with van der Waals surface area (Å²) in [5, 5.41) is 6.52. The predicted octanol–water partition coefficient (Wildman–Crippen LogP) is 3.84. The van der Waals surface area contributed by atoms with Gasteiger partial charge in [0.15, 0.2) is 11.5 Å². The molecule has 0 fully saturated rings. The van der Waals surface area contributed by atoms with E-state index in [0.717, 1.165) is 31.2 Å². The third-order valence-corrected chi connectivity index (χ3v) is 6.81. The number of nitrogens with zero attached hydrogens (tertiary/aromatic N) is 1. The monoisotopic (exact) mass is 449 g/mol. The molecular weight excluding hydrogens is 426 g/mol. The zero-order valence-electron chi connectivity index (χ0n) is 17.4. The Morgan fingerprint density at radius 3 is 2.75 bits per heavy atom. The van der Waals surface area contributed by atoms with E-state index in [4.69, 9.17) is 9.47 Å². The van der Waals surface area contributed by atoms with Gasteiger partial charge in [0.25, 0.3) is 11.8 Å². The standard InChI is InChI=1S/C24H23N3O4S/c28-22(15-6-5-11-25-12-15)27-24-21(17-7-1-4-10-20(17)32-24)23(29)26-13-16-14-30-18-8-2-3-9-19(18)31-16/h2-3,5-6,8-9,11-12,16H,1,4,7,10,13-14H2,(H,26,29)(H,27,28). The fraction of sp³-hybridized carbons (Fsp3) is 0.292. The molecule has 1 unspecified atom stereocenters. The van der Waals surface area contributed by atoms with Gasteiger partial charge >= 0.3 is 0 Å². The zero-order chi connectivity index (χ0) is 21.9. The number of amides is 2. The second-order valence-electron chi connectivity index (χ2n) is 7.82. The highest BCUT2D eigenvalue weighted by Crippen LogP contribution is 2.38. The quantitative estimate of drug-likeness (QED) is 0.618. The Hall–Kier alpha value is -3.39. The van der Waals surface area contributed by atoms with Crippen molar-refractivity contribution in [3.63, 3.8) is 0 Å². The minimum Gasteiger partial charge on any atom is -0.486 e. The zero-order valence-corrected chi connectivity index (χ0v) is 18.2. The van der Waals surface area contributed by atoms with Crippen LogP contribution in [0.4, 0.5) is 5.00 Å². The number of anilines is 1. The van der Waals surface area contributed by atoms with Crippen LogP contribution in [-0.2, 0) is 12.8 Å². The second kappa shape index (κ2) is 9.00. The molecule has 0 spiro atoms. The topological polar surface area (TPSA) is 89.6 Å². The molecule has 3 aromatic rings. The smallest absolute Gasteiger partial charge is 0.257 e.